The molecule has 0 saturated carbocycles. The normalized spacial score (nSPS) is 17.0. The van der Waals surface area contributed by atoms with Crippen LogP contribution in [0.5, 0.6) is 0 Å². The van der Waals surface area contributed by atoms with Gasteiger partial charge >= 0.3 is 16.3 Å². The quantitative estimate of drug-likeness (QED) is 0.612. The summed E-state index contributed by atoms with van der Waals surface area (Å²) in [6.07, 6.45) is 3.90. The smallest absolute Gasteiger partial charge is 0.319 e. The SMILES string of the molecule is O=C(NCc1ccc(N2CCCC2)nc1)Nc1ccc(S(F)(F)(F)(F)F)cc1. The fourth-order valence-electron chi connectivity index (χ4n) is 2.81. The highest BCUT2D eigenvalue weighted by Crippen LogP contribution is 3.02. The summed E-state index contributed by atoms with van der Waals surface area (Å²) >= 11 is 0. The van der Waals surface area contributed by atoms with Crippen molar-refractivity contribution in [3.8, 4) is 0 Å². The molecule has 2 aromatic rings. The Balaban J connectivity index is 1.53. The molecule has 1 fully saturated rings. The number of halogens is 5. The minimum absolute atomic E-state index is 0.0365. The molecule has 1 saturated heterocycles. The lowest BCUT2D eigenvalue weighted by molar-refractivity contribution is 0.251. The van der Waals surface area contributed by atoms with E-state index in [0.717, 1.165) is 49.4 Å². The van der Waals surface area contributed by atoms with E-state index in [2.05, 4.69) is 20.5 Å². The predicted octanol–water partition coefficient (Wildman–Crippen LogP) is 5.66. The maximum Gasteiger partial charge on any atom is 0.319 e. The monoisotopic (exact) mass is 422 g/mol. The first-order valence-corrected chi connectivity index (χ1v) is 10.4. The van der Waals surface area contributed by atoms with E-state index in [1.807, 2.05) is 12.1 Å². The molecule has 2 N–H and O–H groups in total. The highest BCUT2D eigenvalue weighted by Gasteiger charge is 2.65. The van der Waals surface area contributed by atoms with E-state index in [9.17, 15) is 24.2 Å². The number of carbonyl (C=O) groups is 1. The first-order chi connectivity index (χ1) is 12.9. The molecular formula is C17H19F5N4OS. The lowest BCUT2D eigenvalue weighted by Gasteiger charge is -2.40. The number of carbonyl (C=O) groups excluding carboxylic acids is 1. The van der Waals surface area contributed by atoms with Gasteiger partial charge in [-0.15, -0.1) is 0 Å². The van der Waals surface area contributed by atoms with E-state index in [1.165, 1.54) is 0 Å². The van der Waals surface area contributed by atoms with Crippen LogP contribution in [0.15, 0.2) is 47.5 Å². The third-order valence-corrected chi connectivity index (χ3v) is 5.41. The van der Waals surface area contributed by atoms with Crippen molar-refractivity contribution in [2.24, 2.45) is 0 Å². The van der Waals surface area contributed by atoms with E-state index < -0.39 is 21.2 Å². The van der Waals surface area contributed by atoms with Gasteiger partial charge in [-0.25, -0.2) is 9.78 Å². The first-order valence-electron chi connectivity index (χ1n) is 8.50. The highest BCUT2D eigenvalue weighted by atomic mass is 32.5. The van der Waals surface area contributed by atoms with Gasteiger partial charge in [0, 0.05) is 31.5 Å². The molecule has 1 aliphatic rings. The van der Waals surface area contributed by atoms with Crippen LogP contribution in [0, 0.1) is 0 Å². The summed E-state index contributed by atoms with van der Waals surface area (Å²) in [4.78, 5) is 16.4. The number of urea groups is 1. The summed E-state index contributed by atoms with van der Waals surface area (Å²) in [5.74, 6) is 0.870. The maximum atomic E-state index is 12.7. The Bertz CT molecular complexity index is 851. The van der Waals surface area contributed by atoms with Crippen LogP contribution in [-0.2, 0) is 6.54 Å². The molecule has 2 heterocycles. The molecule has 1 aromatic carbocycles. The third kappa shape index (κ3) is 5.24. The summed E-state index contributed by atoms with van der Waals surface area (Å²) in [6.45, 7) is 2.09. The van der Waals surface area contributed by atoms with Crippen LogP contribution in [0.25, 0.3) is 0 Å². The molecular weight excluding hydrogens is 403 g/mol. The fraction of sp³-hybridized carbons (Fsp3) is 0.294. The number of rotatable bonds is 5. The molecule has 1 aromatic heterocycles. The number of benzene rings is 1. The zero-order valence-electron chi connectivity index (χ0n) is 14.7. The number of aromatic nitrogens is 1. The number of amides is 2. The number of nitrogens with zero attached hydrogens (tertiary/aromatic N) is 2. The number of nitrogens with one attached hydrogen (secondary N) is 2. The zero-order chi connectivity index (χ0) is 20.5. The van der Waals surface area contributed by atoms with Crippen LogP contribution < -0.4 is 15.5 Å². The summed E-state index contributed by atoms with van der Waals surface area (Å²) < 4.78 is 63.3. The molecule has 154 valence electrons. The second kappa shape index (κ2) is 6.50. The number of pyridine rings is 1. The Labute approximate surface area is 158 Å². The molecule has 28 heavy (non-hydrogen) atoms. The van der Waals surface area contributed by atoms with Crippen molar-refractivity contribution in [2.75, 3.05) is 23.3 Å². The molecule has 0 unspecified atom stereocenters. The summed E-state index contributed by atoms with van der Waals surface area (Å²) in [5, 5.41) is 4.82. The van der Waals surface area contributed by atoms with Gasteiger partial charge in [0.15, 0.2) is 0 Å². The third-order valence-electron chi connectivity index (χ3n) is 4.25. The lowest BCUT2D eigenvalue weighted by Crippen LogP contribution is -2.28. The Morgan fingerprint density at radius 1 is 1.00 bits per heavy atom. The standard InChI is InChI=1S/C17H19F5N4OS/c18-28(19,20,21,22)15-6-4-14(5-7-15)25-17(27)24-12-13-3-8-16(23-11-13)26-9-1-2-10-26/h3-8,11H,1-2,9-10,12H2,(H2,24,25,27). The van der Waals surface area contributed by atoms with Gasteiger partial charge in [-0.1, -0.05) is 25.5 Å². The van der Waals surface area contributed by atoms with Gasteiger partial charge in [-0.3, -0.25) is 0 Å². The minimum atomic E-state index is -9.72. The van der Waals surface area contributed by atoms with E-state index >= 15 is 0 Å². The van der Waals surface area contributed by atoms with Crippen molar-refractivity contribution < 1.29 is 24.2 Å². The average Bonchev–Trinajstić information content (AvgIpc) is 3.13. The van der Waals surface area contributed by atoms with E-state index in [-0.39, 0.29) is 24.4 Å². The van der Waals surface area contributed by atoms with E-state index in [4.69, 9.17) is 0 Å². The zero-order valence-corrected chi connectivity index (χ0v) is 15.5. The molecule has 2 amide bonds. The van der Waals surface area contributed by atoms with Gasteiger partial charge < -0.3 is 15.5 Å². The van der Waals surface area contributed by atoms with Crippen molar-refractivity contribution in [1.29, 1.82) is 0 Å². The maximum absolute atomic E-state index is 12.7. The fourth-order valence-corrected chi connectivity index (χ4v) is 3.46. The van der Waals surface area contributed by atoms with Gasteiger partial charge in [0.1, 0.15) is 10.7 Å². The molecule has 0 atom stereocenters. The number of hydrogen-bond acceptors (Lipinski definition) is 3. The van der Waals surface area contributed by atoms with Crippen LogP contribution in [0.4, 0.5) is 35.7 Å². The van der Waals surface area contributed by atoms with Crippen LogP contribution in [0.2, 0.25) is 0 Å². The first kappa shape index (κ1) is 20.2. The molecule has 0 bridgehead atoms. The molecule has 1 aliphatic heterocycles. The number of anilines is 2. The van der Waals surface area contributed by atoms with Gasteiger partial charge in [0.05, 0.1) is 0 Å². The molecule has 0 radical (unpaired) electrons. The minimum Gasteiger partial charge on any atom is -0.357 e. The van der Waals surface area contributed by atoms with Gasteiger partial charge in [0.2, 0.25) is 0 Å². The number of hydrogen-bond donors (Lipinski definition) is 2. The van der Waals surface area contributed by atoms with Gasteiger partial charge in [-0.05, 0) is 48.7 Å². The molecule has 0 spiro atoms. The van der Waals surface area contributed by atoms with Crippen molar-refractivity contribution in [3.05, 3.63) is 48.2 Å². The summed E-state index contributed by atoms with van der Waals surface area (Å²) in [7, 11) is -9.72. The van der Waals surface area contributed by atoms with Crippen molar-refractivity contribution in [2.45, 2.75) is 24.3 Å². The van der Waals surface area contributed by atoms with Gasteiger partial charge in [0.25, 0.3) is 0 Å². The van der Waals surface area contributed by atoms with Crippen LogP contribution >= 0.6 is 10.2 Å². The highest BCUT2D eigenvalue weighted by molar-refractivity contribution is 8.45. The van der Waals surface area contributed by atoms with Crippen molar-refractivity contribution in [3.63, 3.8) is 0 Å². The topological polar surface area (TPSA) is 57.3 Å². The Kier molecular flexibility index (Phi) is 4.69. The Morgan fingerprint density at radius 3 is 2.18 bits per heavy atom. The predicted molar refractivity (Wildman–Crippen MR) is 99.4 cm³/mol. The van der Waals surface area contributed by atoms with Crippen molar-refractivity contribution >= 4 is 27.8 Å². The van der Waals surface area contributed by atoms with Crippen molar-refractivity contribution in [1.82, 2.24) is 10.3 Å². The Morgan fingerprint density at radius 2 is 1.64 bits per heavy atom. The second-order valence-corrected chi connectivity index (χ2v) is 8.93. The molecule has 5 nitrogen and oxygen atoms in total. The average molecular weight is 422 g/mol. The Hall–Kier alpha value is -2.56. The molecule has 3 rings (SSSR count). The second-order valence-electron chi connectivity index (χ2n) is 6.52. The van der Waals surface area contributed by atoms with Crippen LogP contribution in [0.1, 0.15) is 18.4 Å². The largest absolute Gasteiger partial charge is 0.357 e. The van der Waals surface area contributed by atoms with Crippen LogP contribution in [-0.4, -0.2) is 24.1 Å². The molecule has 0 aliphatic carbocycles. The van der Waals surface area contributed by atoms with Gasteiger partial charge in [-0.2, -0.15) is 0 Å². The van der Waals surface area contributed by atoms with E-state index in [1.54, 1.807) is 6.20 Å². The summed E-state index contributed by atoms with van der Waals surface area (Å²) in [6, 6.07) is 5.06. The van der Waals surface area contributed by atoms with E-state index in [0.29, 0.717) is 0 Å². The lowest BCUT2D eigenvalue weighted by atomic mass is 10.3. The van der Waals surface area contributed by atoms with Crippen LogP contribution in [0.3, 0.4) is 0 Å². The molecule has 11 heteroatoms. The summed E-state index contributed by atoms with van der Waals surface area (Å²) in [5.41, 5.74) is 0.708.